The molecule has 1 fully saturated rings. The van der Waals surface area contributed by atoms with Crippen LogP contribution in [0.2, 0.25) is 0 Å². The molecular formula is C14H18N4O5. The molecule has 9 heteroatoms. The predicted octanol–water partition coefficient (Wildman–Crippen LogP) is 0.202. The molecule has 1 saturated heterocycles. The Hall–Kier alpha value is -2.68. The normalized spacial score (nSPS) is 15.1. The third kappa shape index (κ3) is 4.16. The van der Waals surface area contributed by atoms with E-state index in [1.807, 2.05) is 0 Å². The summed E-state index contributed by atoms with van der Waals surface area (Å²) < 4.78 is 5.28. The third-order valence-corrected chi connectivity index (χ3v) is 3.77. The smallest absolute Gasteiger partial charge is 0.310 e. The van der Waals surface area contributed by atoms with Gasteiger partial charge in [-0.3, -0.25) is 25.1 Å². The fourth-order valence-corrected chi connectivity index (χ4v) is 2.47. The zero-order valence-corrected chi connectivity index (χ0v) is 12.4. The molecule has 1 aromatic rings. The quantitative estimate of drug-likeness (QED) is 0.345. The van der Waals surface area contributed by atoms with Crippen LogP contribution in [-0.2, 0) is 9.59 Å². The van der Waals surface area contributed by atoms with E-state index in [4.69, 9.17) is 10.6 Å². The van der Waals surface area contributed by atoms with Gasteiger partial charge < -0.3 is 9.64 Å². The van der Waals surface area contributed by atoms with Gasteiger partial charge in [0.05, 0.1) is 4.92 Å². The number of piperidine rings is 1. The van der Waals surface area contributed by atoms with Crippen LogP contribution in [-0.4, -0.2) is 41.3 Å². The lowest BCUT2D eigenvalue weighted by Crippen LogP contribution is -2.45. The van der Waals surface area contributed by atoms with Crippen LogP contribution in [0.3, 0.4) is 0 Å². The van der Waals surface area contributed by atoms with E-state index in [9.17, 15) is 19.7 Å². The van der Waals surface area contributed by atoms with Crippen LogP contribution in [0.5, 0.6) is 5.75 Å². The highest BCUT2D eigenvalue weighted by Gasteiger charge is 2.27. The van der Waals surface area contributed by atoms with E-state index >= 15 is 0 Å². The number of nitrogens with two attached hydrogens (primary N) is 1. The Labute approximate surface area is 132 Å². The Morgan fingerprint density at radius 2 is 2.00 bits per heavy atom. The maximum atomic E-state index is 12.1. The second kappa shape index (κ2) is 7.54. The first kappa shape index (κ1) is 16.7. The minimum absolute atomic E-state index is 0.0586. The highest BCUT2D eigenvalue weighted by molar-refractivity contribution is 5.80. The second-order valence-corrected chi connectivity index (χ2v) is 5.18. The van der Waals surface area contributed by atoms with E-state index in [0.29, 0.717) is 25.9 Å². The topological polar surface area (TPSA) is 128 Å². The first-order valence-corrected chi connectivity index (χ1v) is 7.17. The van der Waals surface area contributed by atoms with Gasteiger partial charge >= 0.3 is 5.69 Å². The highest BCUT2D eigenvalue weighted by atomic mass is 16.6. The second-order valence-electron chi connectivity index (χ2n) is 5.18. The third-order valence-electron chi connectivity index (χ3n) is 3.77. The minimum atomic E-state index is -0.559. The number of ether oxygens (including phenoxy) is 1. The van der Waals surface area contributed by atoms with E-state index in [1.54, 1.807) is 11.0 Å². The van der Waals surface area contributed by atoms with Crippen molar-refractivity contribution in [3.63, 3.8) is 0 Å². The summed E-state index contributed by atoms with van der Waals surface area (Å²) in [5, 5.41) is 10.9. The van der Waals surface area contributed by atoms with E-state index in [-0.39, 0.29) is 35.8 Å². The van der Waals surface area contributed by atoms with Gasteiger partial charge in [-0.05, 0) is 18.9 Å². The number of carbonyl (C=O) groups excluding carboxylic acids is 2. The van der Waals surface area contributed by atoms with Crippen molar-refractivity contribution in [2.24, 2.45) is 11.8 Å². The number of nitrogens with zero attached hydrogens (tertiary/aromatic N) is 2. The molecule has 0 radical (unpaired) electrons. The van der Waals surface area contributed by atoms with Gasteiger partial charge in [0.2, 0.25) is 5.91 Å². The summed E-state index contributed by atoms with van der Waals surface area (Å²) >= 11 is 0. The summed E-state index contributed by atoms with van der Waals surface area (Å²) in [5.74, 6) is 4.46. The Balaban J connectivity index is 1.87. The van der Waals surface area contributed by atoms with Gasteiger partial charge in [-0.25, -0.2) is 5.84 Å². The maximum Gasteiger partial charge on any atom is 0.310 e. The lowest BCUT2D eigenvalue weighted by atomic mass is 9.96. The monoisotopic (exact) mass is 322 g/mol. The molecule has 2 amide bonds. The molecule has 0 aliphatic carbocycles. The van der Waals surface area contributed by atoms with Crippen LogP contribution in [0.15, 0.2) is 24.3 Å². The molecule has 124 valence electrons. The van der Waals surface area contributed by atoms with Crippen molar-refractivity contribution in [3.05, 3.63) is 34.4 Å². The molecule has 23 heavy (non-hydrogen) atoms. The van der Waals surface area contributed by atoms with Crippen LogP contribution < -0.4 is 16.0 Å². The number of rotatable bonds is 5. The first-order valence-electron chi connectivity index (χ1n) is 7.17. The number of nitrogens with one attached hydrogen (secondary N) is 1. The summed E-state index contributed by atoms with van der Waals surface area (Å²) in [6.07, 6.45) is 1.06. The molecule has 3 N–H and O–H groups in total. The molecule has 0 atom stereocenters. The minimum Gasteiger partial charge on any atom is -0.477 e. The molecule has 0 spiro atoms. The summed E-state index contributed by atoms with van der Waals surface area (Å²) in [4.78, 5) is 35.4. The molecule has 1 heterocycles. The lowest BCUT2D eigenvalue weighted by molar-refractivity contribution is -0.385. The predicted molar refractivity (Wildman–Crippen MR) is 80.2 cm³/mol. The van der Waals surface area contributed by atoms with E-state index < -0.39 is 4.92 Å². The molecule has 0 saturated carbocycles. The summed E-state index contributed by atoms with van der Waals surface area (Å²) in [6, 6.07) is 5.89. The zero-order chi connectivity index (χ0) is 16.8. The Morgan fingerprint density at radius 1 is 1.35 bits per heavy atom. The van der Waals surface area contributed by atoms with Crippen LogP contribution in [0.1, 0.15) is 12.8 Å². The van der Waals surface area contributed by atoms with Crippen LogP contribution in [0.4, 0.5) is 5.69 Å². The number of carbonyl (C=O) groups is 2. The van der Waals surface area contributed by atoms with Crippen molar-refractivity contribution < 1.29 is 19.2 Å². The van der Waals surface area contributed by atoms with Gasteiger partial charge in [0, 0.05) is 25.1 Å². The van der Waals surface area contributed by atoms with Crippen molar-refractivity contribution >= 4 is 17.5 Å². The Morgan fingerprint density at radius 3 is 2.61 bits per heavy atom. The van der Waals surface area contributed by atoms with Crippen molar-refractivity contribution in [1.29, 1.82) is 0 Å². The molecule has 0 bridgehead atoms. The molecule has 1 aromatic carbocycles. The lowest BCUT2D eigenvalue weighted by Gasteiger charge is -2.30. The van der Waals surface area contributed by atoms with Crippen molar-refractivity contribution in [2.75, 3.05) is 19.7 Å². The van der Waals surface area contributed by atoms with E-state index in [1.165, 1.54) is 18.2 Å². The standard InChI is InChI=1S/C14H18N4O5/c15-16-14(20)10-5-7-17(8-6-10)13(19)9-23-12-4-2-1-3-11(12)18(21)22/h1-4,10H,5-9,15H2,(H,16,20). The van der Waals surface area contributed by atoms with Gasteiger partial charge in [-0.2, -0.15) is 0 Å². The molecular weight excluding hydrogens is 304 g/mol. The van der Waals surface area contributed by atoms with Crippen LogP contribution >= 0.6 is 0 Å². The maximum absolute atomic E-state index is 12.1. The average molecular weight is 322 g/mol. The number of benzene rings is 1. The number of hydrogen-bond acceptors (Lipinski definition) is 6. The SMILES string of the molecule is NNC(=O)C1CCN(C(=O)COc2ccccc2[N+](=O)[O-])CC1. The largest absolute Gasteiger partial charge is 0.477 e. The summed E-state index contributed by atoms with van der Waals surface area (Å²) in [5.41, 5.74) is 1.93. The summed E-state index contributed by atoms with van der Waals surface area (Å²) in [7, 11) is 0. The number of hydrogen-bond donors (Lipinski definition) is 2. The molecule has 0 unspecified atom stereocenters. The highest BCUT2D eigenvalue weighted by Crippen LogP contribution is 2.26. The fraction of sp³-hybridized carbons (Fsp3) is 0.429. The molecule has 1 aliphatic heterocycles. The van der Waals surface area contributed by atoms with Gasteiger partial charge in [-0.15, -0.1) is 0 Å². The van der Waals surface area contributed by atoms with Gasteiger partial charge in [0.15, 0.2) is 12.4 Å². The van der Waals surface area contributed by atoms with Crippen molar-refractivity contribution in [1.82, 2.24) is 10.3 Å². The molecule has 9 nitrogen and oxygen atoms in total. The first-order chi connectivity index (χ1) is 11.0. The van der Waals surface area contributed by atoms with E-state index in [0.717, 1.165) is 0 Å². The Bertz CT molecular complexity index is 599. The number of amides is 2. The zero-order valence-electron chi connectivity index (χ0n) is 12.4. The Kier molecular flexibility index (Phi) is 5.47. The van der Waals surface area contributed by atoms with Gasteiger partial charge in [-0.1, -0.05) is 12.1 Å². The fourth-order valence-electron chi connectivity index (χ4n) is 2.47. The number of nitro benzene ring substituents is 1. The van der Waals surface area contributed by atoms with Crippen LogP contribution in [0.25, 0.3) is 0 Å². The molecule has 0 aromatic heterocycles. The van der Waals surface area contributed by atoms with Crippen molar-refractivity contribution in [3.8, 4) is 5.75 Å². The number of para-hydroxylation sites is 2. The van der Waals surface area contributed by atoms with Gasteiger partial charge in [0.25, 0.3) is 5.91 Å². The molecule has 2 rings (SSSR count). The van der Waals surface area contributed by atoms with Crippen molar-refractivity contribution in [2.45, 2.75) is 12.8 Å². The summed E-state index contributed by atoms with van der Waals surface area (Å²) in [6.45, 7) is 0.576. The number of nitro groups is 1. The number of hydrazine groups is 1. The molecule has 1 aliphatic rings. The van der Waals surface area contributed by atoms with E-state index in [2.05, 4.69) is 5.43 Å². The number of likely N-dealkylation sites (tertiary alicyclic amines) is 1. The van der Waals surface area contributed by atoms with Crippen LogP contribution in [0, 0.1) is 16.0 Å². The van der Waals surface area contributed by atoms with Gasteiger partial charge in [0.1, 0.15) is 0 Å². The average Bonchev–Trinajstić information content (AvgIpc) is 2.59.